The van der Waals surface area contributed by atoms with E-state index < -0.39 is 5.60 Å². The molecule has 1 aliphatic rings. The number of hydrogen-bond donors (Lipinski definition) is 2. The maximum absolute atomic E-state index is 10.2. The Bertz CT molecular complexity index is 460. The van der Waals surface area contributed by atoms with Gasteiger partial charge in [-0.2, -0.15) is 5.26 Å². The summed E-state index contributed by atoms with van der Waals surface area (Å²) >= 11 is 0. The molecule has 1 saturated carbocycles. The van der Waals surface area contributed by atoms with Gasteiger partial charge in [-0.05, 0) is 50.8 Å². The molecule has 0 bridgehead atoms. The normalized spacial score (nSPS) is 27.8. The third-order valence-corrected chi connectivity index (χ3v) is 3.62. The van der Waals surface area contributed by atoms with E-state index in [0.717, 1.165) is 30.5 Å². The fraction of sp³-hybridized carbons (Fsp3) is 0.500. The Morgan fingerprint density at radius 1 is 1.53 bits per heavy atom. The first kappa shape index (κ1) is 11.9. The van der Waals surface area contributed by atoms with Gasteiger partial charge in [-0.25, -0.2) is 0 Å². The number of nitrogens with one attached hydrogen (secondary N) is 1. The van der Waals surface area contributed by atoms with Crippen LogP contribution < -0.4 is 5.32 Å². The van der Waals surface area contributed by atoms with E-state index in [-0.39, 0.29) is 6.04 Å². The van der Waals surface area contributed by atoms with Crippen LogP contribution in [0.1, 0.15) is 37.3 Å². The van der Waals surface area contributed by atoms with Crippen LogP contribution >= 0.6 is 0 Å². The number of aliphatic hydroxyl groups is 1. The van der Waals surface area contributed by atoms with Gasteiger partial charge in [-0.15, -0.1) is 0 Å². The molecule has 0 aromatic heterocycles. The van der Waals surface area contributed by atoms with Gasteiger partial charge < -0.3 is 10.4 Å². The van der Waals surface area contributed by atoms with Gasteiger partial charge >= 0.3 is 0 Å². The van der Waals surface area contributed by atoms with E-state index in [1.54, 1.807) is 0 Å². The number of aryl methyl sites for hydroxylation is 1. The molecule has 17 heavy (non-hydrogen) atoms. The minimum atomic E-state index is -0.644. The van der Waals surface area contributed by atoms with Crippen molar-refractivity contribution >= 4 is 5.69 Å². The van der Waals surface area contributed by atoms with E-state index >= 15 is 0 Å². The molecule has 2 rings (SSSR count). The Morgan fingerprint density at radius 2 is 2.29 bits per heavy atom. The van der Waals surface area contributed by atoms with Crippen molar-refractivity contribution < 1.29 is 5.11 Å². The van der Waals surface area contributed by atoms with Crippen molar-refractivity contribution in [2.45, 2.75) is 44.8 Å². The van der Waals surface area contributed by atoms with Crippen LogP contribution in [0, 0.1) is 18.3 Å². The smallest absolute Gasteiger partial charge is 0.0992 e. The van der Waals surface area contributed by atoms with Crippen LogP contribution in [0.15, 0.2) is 18.2 Å². The van der Waals surface area contributed by atoms with Crippen molar-refractivity contribution in [1.82, 2.24) is 0 Å². The molecule has 0 amide bonds. The first-order valence-corrected chi connectivity index (χ1v) is 6.02. The van der Waals surface area contributed by atoms with Crippen LogP contribution in [0.25, 0.3) is 0 Å². The molecule has 1 aliphatic carbocycles. The zero-order valence-electron chi connectivity index (χ0n) is 10.3. The molecular weight excluding hydrogens is 212 g/mol. The maximum Gasteiger partial charge on any atom is 0.0992 e. The number of anilines is 1. The van der Waals surface area contributed by atoms with Gasteiger partial charge in [0.2, 0.25) is 0 Å². The van der Waals surface area contributed by atoms with Crippen molar-refractivity contribution in [3.63, 3.8) is 0 Å². The molecule has 90 valence electrons. The van der Waals surface area contributed by atoms with Crippen molar-refractivity contribution in [3.8, 4) is 6.07 Å². The average Bonchev–Trinajstić information content (AvgIpc) is 2.61. The van der Waals surface area contributed by atoms with Gasteiger partial charge in [0, 0.05) is 5.69 Å². The number of hydrogen-bond acceptors (Lipinski definition) is 3. The summed E-state index contributed by atoms with van der Waals surface area (Å²) < 4.78 is 0. The van der Waals surface area contributed by atoms with E-state index in [9.17, 15) is 5.11 Å². The summed E-state index contributed by atoms with van der Waals surface area (Å²) in [6.07, 6.45) is 2.85. The fourth-order valence-corrected chi connectivity index (χ4v) is 2.41. The van der Waals surface area contributed by atoms with Crippen molar-refractivity contribution in [2.24, 2.45) is 0 Å². The molecule has 0 saturated heterocycles. The molecule has 2 N–H and O–H groups in total. The molecule has 2 atom stereocenters. The summed E-state index contributed by atoms with van der Waals surface area (Å²) in [5.74, 6) is 0. The molecule has 0 radical (unpaired) electrons. The minimum absolute atomic E-state index is 0.0788. The highest BCUT2D eigenvalue weighted by Crippen LogP contribution is 2.32. The highest BCUT2D eigenvalue weighted by atomic mass is 16.3. The molecule has 0 heterocycles. The molecule has 0 aliphatic heterocycles. The van der Waals surface area contributed by atoms with E-state index in [0.29, 0.717) is 5.56 Å². The minimum Gasteiger partial charge on any atom is -0.388 e. The predicted molar refractivity (Wildman–Crippen MR) is 67.8 cm³/mol. The lowest BCUT2D eigenvalue weighted by atomic mass is 9.99. The Kier molecular flexibility index (Phi) is 3.08. The Balaban J connectivity index is 2.21. The van der Waals surface area contributed by atoms with Gasteiger partial charge in [0.25, 0.3) is 0 Å². The lowest BCUT2D eigenvalue weighted by Gasteiger charge is -2.28. The molecule has 0 spiro atoms. The third kappa shape index (κ3) is 2.42. The Hall–Kier alpha value is -1.53. The fourth-order valence-electron chi connectivity index (χ4n) is 2.41. The van der Waals surface area contributed by atoms with Crippen LogP contribution in [-0.4, -0.2) is 16.7 Å². The molecule has 3 nitrogen and oxygen atoms in total. The summed E-state index contributed by atoms with van der Waals surface area (Å²) in [7, 11) is 0. The summed E-state index contributed by atoms with van der Waals surface area (Å²) in [6.45, 7) is 3.88. The van der Waals surface area contributed by atoms with E-state index in [1.165, 1.54) is 0 Å². The third-order valence-electron chi connectivity index (χ3n) is 3.62. The number of benzene rings is 1. The molecule has 2 unspecified atom stereocenters. The highest BCUT2D eigenvalue weighted by Gasteiger charge is 2.36. The van der Waals surface area contributed by atoms with E-state index in [4.69, 9.17) is 5.26 Å². The first-order valence-electron chi connectivity index (χ1n) is 6.02. The standard InChI is InChI=1S/C14H18N2O/c1-10-5-6-11(9-15)8-12(10)16-13-4-3-7-14(13,2)17/h5-6,8,13,16-17H,3-4,7H2,1-2H3. The summed E-state index contributed by atoms with van der Waals surface area (Å²) in [5, 5.41) is 22.5. The lowest BCUT2D eigenvalue weighted by molar-refractivity contribution is 0.0578. The van der Waals surface area contributed by atoms with Crippen LogP contribution in [0.3, 0.4) is 0 Å². The molecule has 1 fully saturated rings. The SMILES string of the molecule is Cc1ccc(C#N)cc1NC1CCCC1(C)O. The van der Waals surface area contributed by atoms with E-state index in [1.807, 2.05) is 32.0 Å². The summed E-state index contributed by atoms with van der Waals surface area (Å²) in [6, 6.07) is 7.82. The second kappa shape index (κ2) is 4.38. The van der Waals surface area contributed by atoms with Crippen molar-refractivity contribution in [2.75, 3.05) is 5.32 Å². The van der Waals surface area contributed by atoms with Gasteiger partial charge in [0.05, 0.1) is 23.3 Å². The highest BCUT2D eigenvalue weighted by molar-refractivity contribution is 5.56. The van der Waals surface area contributed by atoms with Crippen LogP contribution in [0.2, 0.25) is 0 Å². The largest absolute Gasteiger partial charge is 0.388 e. The Morgan fingerprint density at radius 3 is 2.88 bits per heavy atom. The van der Waals surface area contributed by atoms with Gasteiger partial charge in [-0.1, -0.05) is 6.07 Å². The van der Waals surface area contributed by atoms with E-state index in [2.05, 4.69) is 11.4 Å². The predicted octanol–water partition coefficient (Wildman–Crippen LogP) is 2.58. The van der Waals surface area contributed by atoms with Gasteiger partial charge in [0.1, 0.15) is 0 Å². The number of rotatable bonds is 2. The lowest BCUT2D eigenvalue weighted by Crippen LogP contribution is -2.39. The van der Waals surface area contributed by atoms with Crippen molar-refractivity contribution in [3.05, 3.63) is 29.3 Å². The van der Waals surface area contributed by atoms with Gasteiger partial charge in [-0.3, -0.25) is 0 Å². The molecular formula is C14H18N2O. The van der Waals surface area contributed by atoms with Gasteiger partial charge in [0.15, 0.2) is 0 Å². The first-order chi connectivity index (χ1) is 8.03. The molecule has 1 aromatic carbocycles. The Labute approximate surface area is 102 Å². The van der Waals surface area contributed by atoms with Crippen LogP contribution in [-0.2, 0) is 0 Å². The van der Waals surface area contributed by atoms with Crippen LogP contribution in [0.5, 0.6) is 0 Å². The average molecular weight is 230 g/mol. The zero-order valence-corrected chi connectivity index (χ0v) is 10.3. The number of nitrogens with zero attached hydrogens (tertiary/aromatic N) is 1. The quantitative estimate of drug-likeness (QED) is 0.821. The topological polar surface area (TPSA) is 56.0 Å². The van der Waals surface area contributed by atoms with Crippen LogP contribution in [0.4, 0.5) is 5.69 Å². The summed E-state index contributed by atoms with van der Waals surface area (Å²) in [4.78, 5) is 0. The second-order valence-electron chi connectivity index (χ2n) is 5.09. The summed E-state index contributed by atoms with van der Waals surface area (Å²) in [5.41, 5.74) is 2.06. The monoisotopic (exact) mass is 230 g/mol. The van der Waals surface area contributed by atoms with Crippen molar-refractivity contribution in [1.29, 1.82) is 5.26 Å². The maximum atomic E-state index is 10.2. The second-order valence-corrected chi connectivity index (χ2v) is 5.09. The molecule has 1 aromatic rings. The zero-order chi connectivity index (χ0) is 12.5. The molecule has 3 heteroatoms. The number of nitriles is 1.